The highest BCUT2D eigenvalue weighted by molar-refractivity contribution is 7.07. The fourth-order valence-electron chi connectivity index (χ4n) is 1.94. The van der Waals surface area contributed by atoms with Crippen LogP contribution in [-0.4, -0.2) is 25.9 Å². The van der Waals surface area contributed by atoms with E-state index in [4.69, 9.17) is 0 Å². The Bertz CT molecular complexity index is 706. The summed E-state index contributed by atoms with van der Waals surface area (Å²) in [5.74, 6) is -0.163. The average molecular weight is 299 g/mol. The minimum atomic E-state index is -0.163. The summed E-state index contributed by atoms with van der Waals surface area (Å²) < 4.78 is 1.68. The highest BCUT2D eigenvalue weighted by Crippen LogP contribution is 2.16. The lowest BCUT2D eigenvalue weighted by Gasteiger charge is -2.14. The van der Waals surface area contributed by atoms with Crippen LogP contribution in [0.5, 0.6) is 0 Å². The minimum Gasteiger partial charge on any atom is -0.344 e. The van der Waals surface area contributed by atoms with Crippen molar-refractivity contribution in [2.75, 3.05) is 0 Å². The van der Waals surface area contributed by atoms with Crippen molar-refractivity contribution in [1.29, 1.82) is 0 Å². The first-order valence-electron chi connectivity index (χ1n) is 6.40. The Morgan fingerprint density at radius 2 is 2.14 bits per heavy atom. The van der Waals surface area contributed by atoms with Gasteiger partial charge in [-0.2, -0.15) is 0 Å². The molecule has 21 heavy (non-hydrogen) atoms. The number of aromatic nitrogens is 4. The molecule has 1 atom stereocenters. The molecule has 6 nitrogen and oxygen atoms in total. The number of carbonyl (C=O) groups is 1. The number of nitrogens with zero attached hydrogens (tertiary/aromatic N) is 4. The first-order valence-corrected chi connectivity index (χ1v) is 7.34. The lowest BCUT2D eigenvalue weighted by molar-refractivity contribution is 0.0935. The van der Waals surface area contributed by atoms with Crippen molar-refractivity contribution in [2.45, 2.75) is 13.0 Å². The molecule has 3 rings (SSSR count). The van der Waals surface area contributed by atoms with Gasteiger partial charge < -0.3 is 5.32 Å². The molecule has 7 heteroatoms. The van der Waals surface area contributed by atoms with Gasteiger partial charge >= 0.3 is 0 Å². The third-order valence-electron chi connectivity index (χ3n) is 3.09. The zero-order valence-electron chi connectivity index (χ0n) is 11.3. The van der Waals surface area contributed by atoms with E-state index < -0.39 is 0 Å². The lowest BCUT2D eigenvalue weighted by atomic mass is 10.1. The molecule has 0 spiro atoms. The monoisotopic (exact) mass is 299 g/mol. The molecule has 0 fully saturated rings. The second-order valence-corrected chi connectivity index (χ2v) is 5.23. The van der Waals surface area contributed by atoms with E-state index in [2.05, 4.69) is 20.6 Å². The highest BCUT2D eigenvalue weighted by atomic mass is 32.1. The molecule has 2 heterocycles. The summed E-state index contributed by atoms with van der Waals surface area (Å²) in [4.78, 5) is 16.0. The summed E-state index contributed by atoms with van der Waals surface area (Å²) in [5.41, 5.74) is 4.04. The minimum absolute atomic E-state index is 0.0935. The van der Waals surface area contributed by atoms with E-state index in [1.54, 1.807) is 28.0 Å². The maximum Gasteiger partial charge on any atom is 0.271 e. The largest absolute Gasteiger partial charge is 0.344 e. The number of rotatable bonds is 4. The Labute approximate surface area is 125 Å². The van der Waals surface area contributed by atoms with Gasteiger partial charge in [-0.05, 0) is 24.6 Å². The van der Waals surface area contributed by atoms with E-state index in [0.29, 0.717) is 5.69 Å². The Balaban J connectivity index is 1.70. The van der Waals surface area contributed by atoms with Crippen molar-refractivity contribution in [1.82, 2.24) is 25.3 Å². The maximum atomic E-state index is 12.0. The Morgan fingerprint density at radius 3 is 2.76 bits per heavy atom. The van der Waals surface area contributed by atoms with Crippen LogP contribution >= 0.6 is 11.3 Å². The van der Waals surface area contributed by atoms with Crippen LogP contribution in [0.3, 0.4) is 0 Å². The first-order chi connectivity index (χ1) is 10.2. The summed E-state index contributed by atoms with van der Waals surface area (Å²) in [6.07, 6.45) is 3.41. The molecule has 0 saturated carbocycles. The second kappa shape index (κ2) is 5.84. The molecule has 0 radical (unpaired) electrons. The summed E-state index contributed by atoms with van der Waals surface area (Å²) in [5, 5.41) is 12.4. The normalized spacial score (nSPS) is 12.0. The summed E-state index contributed by atoms with van der Waals surface area (Å²) in [6, 6.07) is 7.71. The van der Waals surface area contributed by atoms with Crippen molar-refractivity contribution >= 4 is 17.2 Å². The zero-order valence-corrected chi connectivity index (χ0v) is 12.1. The van der Waals surface area contributed by atoms with Gasteiger partial charge in [0.1, 0.15) is 5.69 Å². The van der Waals surface area contributed by atoms with Gasteiger partial charge in [-0.1, -0.05) is 17.3 Å². The molecule has 2 aromatic heterocycles. The first kappa shape index (κ1) is 13.4. The van der Waals surface area contributed by atoms with Crippen molar-refractivity contribution in [3.63, 3.8) is 0 Å². The van der Waals surface area contributed by atoms with Gasteiger partial charge in [0.2, 0.25) is 0 Å². The second-order valence-electron chi connectivity index (χ2n) is 4.51. The van der Waals surface area contributed by atoms with E-state index in [-0.39, 0.29) is 11.9 Å². The molecule has 106 valence electrons. The van der Waals surface area contributed by atoms with Crippen LogP contribution < -0.4 is 5.32 Å². The van der Waals surface area contributed by atoms with Gasteiger partial charge in [0.05, 0.1) is 29.6 Å². The molecule has 1 unspecified atom stereocenters. The van der Waals surface area contributed by atoms with Crippen LogP contribution in [0.15, 0.2) is 47.5 Å². The van der Waals surface area contributed by atoms with E-state index in [1.165, 1.54) is 11.3 Å². The molecule has 0 aliphatic heterocycles. The average Bonchev–Trinajstić information content (AvgIpc) is 3.20. The van der Waals surface area contributed by atoms with Crippen LogP contribution in [0.1, 0.15) is 29.0 Å². The van der Waals surface area contributed by atoms with Crippen LogP contribution in [-0.2, 0) is 0 Å². The van der Waals surface area contributed by atoms with Crippen LogP contribution in [0.25, 0.3) is 5.69 Å². The smallest absolute Gasteiger partial charge is 0.271 e. The van der Waals surface area contributed by atoms with Crippen molar-refractivity contribution < 1.29 is 4.79 Å². The molecule has 1 aromatic carbocycles. The van der Waals surface area contributed by atoms with Gasteiger partial charge in [0.15, 0.2) is 0 Å². The molecule has 1 N–H and O–H groups in total. The predicted molar refractivity (Wildman–Crippen MR) is 79.4 cm³/mol. The van der Waals surface area contributed by atoms with Crippen molar-refractivity contribution in [3.8, 4) is 5.69 Å². The van der Waals surface area contributed by atoms with Gasteiger partial charge in [-0.25, -0.2) is 9.67 Å². The van der Waals surface area contributed by atoms with Gasteiger partial charge in [0.25, 0.3) is 5.91 Å². The highest BCUT2D eigenvalue weighted by Gasteiger charge is 2.12. The predicted octanol–water partition coefficient (Wildman–Crippen LogP) is 2.21. The number of hydrogen-bond donors (Lipinski definition) is 1. The standard InChI is InChI=1S/C14H13N5OS/c1-10(17-14(20)13-8-21-9-15-13)11-2-4-12(5-3-11)19-7-6-16-18-19/h2-10H,1H3,(H,17,20). The zero-order chi connectivity index (χ0) is 14.7. The Hall–Kier alpha value is -2.54. The Morgan fingerprint density at radius 1 is 1.33 bits per heavy atom. The SMILES string of the molecule is CC(NC(=O)c1cscn1)c1ccc(-n2ccnn2)cc1. The lowest BCUT2D eigenvalue weighted by Crippen LogP contribution is -2.26. The third-order valence-corrected chi connectivity index (χ3v) is 3.68. The fraction of sp³-hybridized carbons (Fsp3) is 0.143. The van der Waals surface area contributed by atoms with Crippen molar-refractivity contribution in [3.05, 3.63) is 58.8 Å². The molecular weight excluding hydrogens is 286 g/mol. The van der Waals surface area contributed by atoms with Gasteiger partial charge in [0, 0.05) is 5.38 Å². The molecule has 1 amide bonds. The van der Waals surface area contributed by atoms with E-state index >= 15 is 0 Å². The summed E-state index contributed by atoms with van der Waals surface area (Å²) in [6.45, 7) is 1.94. The third kappa shape index (κ3) is 2.97. The number of nitrogens with one attached hydrogen (secondary N) is 1. The number of thiazole rings is 1. The summed E-state index contributed by atoms with van der Waals surface area (Å²) >= 11 is 1.40. The molecule has 0 aliphatic rings. The van der Waals surface area contributed by atoms with E-state index in [0.717, 1.165) is 11.3 Å². The summed E-state index contributed by atoms with van der Waals surface area (Å²) in [7, 11) is 0. The fourth-order valence-corrected chi connectivity index (χ4v) is 2.47. The van der Waals surface area contributed by atoms with E-state index in [1.807, 2.05) is 31.2 Å². The van der Waals surface area contributed by atoms with Crippen molar-refractivity contribution in [2.24, 2.45) is 0 Å². The van der Waals surface area contributed by atoms with Crippen LogP contribution in [0.2, 0.25) is 0 Å². The van der Waals surface area contributed by atoms with Gasteiger partial charge in [-0.15, -0.1) is 16.4 Å². The number of carbonyl (C=O) groups excluding carboxylic acids is 1. The number of amides is 1. The topological polar surface area (TPSA) is 72.7 Å². The molecule has 0 aliphatic carbocycles. The Kier molecular flexibility index (Phi) is 3.74. The van der Waals surface area contributed by atoms with Gasteiger partial charge in [-0.3, -0.25) is 4.79 Å². The van der Waals surface area contributed by atoms with E-state index in [9.17, 15) is 4.79 Å². The molecular formula is C14H13N5OS. The maximum absolute atomic E-state index is 12.0. The van der Waals surface area contributed by atoms with Crippen LogP contribution in [0.4, 0.5) is 0 Å². The van der Waals surface area contributed by atoms with Crippen LogP contribution in [0, 0.1) is 0 Å². The molecule has 0 bridgehead atoms. The molecule has 0 saturated heterocycles. The number of hydrogen-bond acceptors (Lipinski definition) is 5. The quantitative estimate of drug-likeness (QED) is 0.801. The number of benzene rings is 1. The molecule has 3 aromatic rings.